The van der Waals surface area contributed by atoms with E-state index in [2.05, 4.69) is 5.43 Å². The maximum atomic E-state index is 13.8. The predicted molar refractivity (Wildman–Crippen MR) is 78.6 cm³/mol. The molecule has 0 heterocycles. The van der Waals surface area contributed by atoms with Crippen molar-refractivity contribution in [2.75, 3.05) is 5.75 Å². The van der Waals surface area contributed by atoms with Crippen molar-refractivity contribution >= 4 is 23.4 Å². The Bertz CT molecular complexity index is 578. The van der Waals surface area contributed by atoms with Crippen LogP contribution < -0.4 is 11.3 Å². The maximum absolute atomic E-state index is 13.8. The molecule has 0 aliphatic rings. The standard InChI is InChI=1S/C14H13ClF2N2S/c15-9-1-6-12(13(17)7-9)14(19-18)8-20-11-4-2-10(16)3-5-11/h1-7,14,19H,8,18H2. The largest absolute Gasteiger partial charge is 0.271 e. The Hall–Kier alpha value is -1.14. The fraction of sp³-hybridized carbons (Fsp3) is 0.143. The van der Waals surface area contributed by atoms with Crippen LogP contribution in [-0.4, -0.2) is 5.75 Å². The van der Waals surface area contributed by atoms with Crippen LogP contribution in [0.1, 0.15) is 11.6 Å². The van der Waals surface area contributed by atoms with E-state index in [0.29, 0.717) is 16.3 Å². The van der Waals surface area contributed by atoms with Crippen LogP contribution in [0.5, 0.6) is 0 Å². The second-order valence-corrected chi connectivity index (χ2v) is 5.68. The van der Waals surface area contributed by atoms with Gasteiger partial charge in [-0.15, -0.1) is 11.8 Å². The lowest BCUT2D eigenvalue weighted by molar-refractivity contribution is 0.546. The fourth-order valence-corrected chi connectivity index (χ4v) is 2.84. The second kappa shape index (κ2) is 7.04. The molecule has 2 rings (SSSR count). The number of thioether (sulfide) groups is 1. The van der Waals surface area contributed by atoms with Crippen molar-refractivity contribution in [1.29, 1.82) is 0 Å². The van der Waals surface area contributed by atoms with E-state index in [-0.39, 0.29) is 11.9 Å². The number of nitrogens with two attached hydrogens (primary N) is 1. The summed E-state index contributed by atoms with van der Waals surface area (Å²) in [6.45, 7) is 0. The van der Waals surface area contributed by atoms with Crippen LogP contribution in [-0.2, 0) is 0 Å². The molecule has 106 valence electrons. The number of nitrogens with one attached hydrogen (secondary N) is 1. The lowest BCUT2D eigenvalue weighted by Gasteiger charge is -2.16. The molecule has 0 saturated heterocycles. The Balaban J connectivity index is 2.07. The van der Waals surface area contributed by atoms with Crippen molar-refractivity contribution in [1.82, 2.24) is 5.43 Å². The molecule has 0 radical (unpaired) electrons. The summed E-state index contributed by atoms with van der Waals surface area (Å²) < 4.78 is 26.6. The van der Waals surface area contributed by atoms with Crippen LogP contribution in [0.25, 0.3) is 0 Å². The quantitative estimate of drug-likeness (QED) is 0.499. The summed E-state index contributed by atoms with van der Waals surface area (Å²) in [7, 11) is 0. The molecule has 2 nitrogen and oxygen atoms in total. The minimum absolute atomic E-state index is 0.286. The molecule has 0 amide bonds. The Labute approximate surface area is 125 Å². The summed E-state index contributed by atoms with van der Waals surface area (Å²) in [5.74, 6) is 5.30. The number of hydrogen-bond acceptors (Lipinski definition) is 3. The third kappa shape index (κ3) is 3.93. The summed E-state index contributed by atoms with van der Waals surface area (Å²) in [5.41, 5.74) is 3.03. The molecule has 2 aromatic carbocycles. The first kappa shape index (κ1) is 15.3. The van der Waals surface area contributed by atoms with Crippen LogP contribution in [0.15, 0.2) is 47.4 Å². The van der Waals surface area contributed by atoms with Crippen molar-refractivity contribution in [2.24, 2.45) is 5.84 Å². The molecule has 3 N–H and O–H groups in total. The average Bonchev–Trinajstić information content (AvgIpc) is 2.43. The van der Waals surface area contributed by atoms with Gasteiger partial charge in [0.25, 0.3) is 0 Å². The zero-order valence-electron chi connectivity index (χ0n) is 10.4. The van der Waals surface area contributed by atoms with Crippen LogP contribution in [0, 0.1) is 11.6 Å². The van der Waals surface area contributed by atoms with E-state index in [0.717, 1.165) is 4.90 Å². The van der Waals surface area contributed by atoms with E-state index >= 15 is 0 Å². The van der Waals surface area contributed by atoms with Crippen LogP contribution in [0.3, 0.4) is 0 Å². The van der Waals surface area contributed by atoms with E-state index in [4.69, 9.17) is 17.4 Å². The van der Waals surface area contributed by atoms with Gasteiger partial charge in [0.15, 0.2) is 0 Å². The summed E-state index contributed by atoms with van der Waals surface area (Å²) in [5, 5.41) is 0.341. The van der Waals surface area contributed by atoms with E-state index in [1.54, 1.807) is 24.3 Å². The normalized spacial score (nSPS) is 12.4. The first-order valence-electron chi connectivity index (χ1n) is 5.89. The summed E-state index contributed by atoms with van der Waals surface area (Å²) in [6.07, 6.45) is 0. The average molecular weight is 315 g/mol. The van der Waals surface area contributed by atoms with Crippen molar-refractivity contribution in [3.05, 3.63) is 64.7 Å². The van der Waals surface area contributed by atoms with Crippen molar-refractivity contribution < 1.29 is 8.78 Å². The predicted octanol–water partition coefficient (Wildman–Crippen LogP) is 3.91. The number of hydrogen-bond donors (Lipinski definition) is 2. The SMILES string of the molecule is NNC(CSc1ccc(F)cc1)c1ccc(Cl)cc1F. The lowest BCUT2D eigenvalue weighted by atomic mass is 10.1. The van der Waals surface area contributed by atoms with Gasteiger partial charge < -0.3 is 0 Å². The molecule has 0 saturated carbocycles. The highest BCUT2D eigenvalue weighted by molar-refractivity contribution is 7.99. The van der Waals surface area contributed by atoms with Gasteiger partial charge in [-0.25, -0.2) is 8.78 Å². The van der Waals surface area contributed by atoms with Crippen molar-refractivity contribution in [2.45, 2.75) is 10.9 Å². The van der Waals surface area contributed by atoms with Gasteiger partial charge in [0, 0.05) is 21.2 Å². The molecular formula is C14H13ClF2N2S. The van der Waals surface area contributed by atoms with Crippen LogP contribution in [0.4, 0.5) is 8.78 Å². The highest BCUT2D eigenvalue weighted by atomic mass is 35.5. The zero-order valence-corrected chi connectivity index (χ0v) is 12.0. The highest BCUT2D eigenvalue weighted by Gasteiger charge is 2.15. The third-order valence-electron chi connectivity index (χ3n) is 2.77. The highest BCUT2D eigenvalue weighted by Crippen LogP contribution is 2.27. The van der Waals surface area contributed by atoms with E-state index in [1.807, 2.05) is 0 Å². The molecule has 1 atom stereocenters. The summed E-state index contributed by atoms with van der Waals surface area (Å²) in [4.78, 5) is 0.890. The Morgan fingerprint density at radius 2 is 1.85 bits per heavy atom. The maximum Gasteiger partial charge on any atom is 0.129 e. The fourth-order valence-electron chi connectivity index (χ4n) is 1.72. The van der Waals surface area contributed by atoms with Gasteiger partial charge in [0.1, 0.15) is 11.6 Å². The zero-order chi connectivity index (χ0) is 14.5. The molecule has 0 spiro atoms. The monoisotopic (exact) mass is 314 g/mol. The number of rotatable bonds is 5. The van der Waals surface area contributed by atoms with E-state index < -0.39 is 5.82 Å². The smallest absolute Gasteiger partial charge is 0.129 e. The lowest BCUT2D eigenvalue weighted by Crippen LogP contribution is -2.30. The molecule has 2 aromatic rings. The minimum Gasteiger partial charge on any atom is -0.271 e. The van der Waals surface area contributed by atoms with Gasteiger partial charge in [-0.05, 0) is 36.4 Å². The summed E-state index contributed by atoms with van der Waals surface area (Å²) >= 11 is 7.18. The first-order chi connectivity index (χ1) is 9.60. The number of benzene rings is 2. The molecule has 0 aromatic heterocycles. The van der Waals surface area contributed by atoms with Gasteiger partial charge in [-0.1, -0.05) is 17.7 Å². The van der Waals surface area contributed by atoms with Gasteiger partial charge in [-0.3, -0.25) is 11.3 Å². The van der Waals surface area contributed by atoms with Crippen LogP contribution >= 0.6 is 23.4 Å². The molecule has 20 heavy (non-hydrogen) atoms. The molecule has 0 fully saturated rings. The first-order valence-corrected chi connectivity index (χ1v) is 7.26. The molecule has 6 heteroatoms. The minimum atomic E-state index is -0.403. The Morgan fingerprint density at radius 3 is 2.45 bits per heavy atom. The molecule has 0 aliphatic heterocycles. The molecule has 0 aliphatic carbocycles. The van der Waals surface area contributed by atoms with Crippen molar-refractivity contribution in [3.8, 4) is 0 Å². The Kier molecular flexibility index (Phi) is 5.37. The molecule has 1 unspecified atom stereocenters. The van der Waals surface area contributed by atoms with E-state index in [9.17, 15) is 8.78 Å². The number of hydrazine groups is 1. The van der Waals surface area contributed by atoms with Crippen LogP contribution in [0.2, 0.25) is 5.02 Å². The molecular weight excluding hydrogens is 302 g/mol. The second-order valence-electron chi connectivity index (χ2n) is 4.15. The van der Waals surface area contributed by atoms with Gasteiger partial charge >= 0.3 is 0 Å². The number of halogens is 3. The van der Waals surface area contributed by atoms with Gasteiger partial charge in [0.05, 0.1) is 6.04 Å². The third-order valence-corrected chi connectivity index (χ3v) is 4.11. The Morgan fingerprint density at radius 1 is 1.15 bits per heavy atom. The van der Waals surface area contributed by atoms with Gasteiger partial charge in [0.2, 0.25) is 0 Å². The topological polar surface area (TPSA) is 38.0 Å². The van der Waals surface area contributed by atoms with Gasteiger partial charge in [-0.2, -0.15) is 0 Å². The molecule has 0 bridgehead atoms. The van der Waals surface area contributed by atoms with Crippen molar-refractivity contribution in [3.63, 3.8) is 0 Å². The van der Waals surface area contributed by atoms with E-state index in [1.165, 1.54) is 30.0 Å². The summed E-state index contributed by atoms with van der Waals surface area (Å²) in [6, 6.07) is 10.2.